The molecule has 0 aromatic carbocycles. The quantitative estimate of drug-likeness (QED) is 0.319. The van der Waals surface area contributed by atoms with Crippen LogP contribution in [0.4, 0.5) is 0 Å². The largest absolute Gasteiger partial charge is 0.481 e. The van der Waals surface area contributed by atoms with Crippen LogP contribution in [0.5, 0.6) is 0 Å². The first-order valence-electron chi connectivity index (χ1n) is 5.60. The number of ether oxygens (including phenoxy) is 1. The summed E-state index contributed by atoms with van der Waals surface area (Å²) in [7, 11) is 0. The molecule has 0 saturated carbocycles. The van der Waals surface area contributed by atoms with E-state index in [4.69, 9.17) is 9.84 Å². The Balaban J connectivity index is 3.62. The molecule has 94 valence electrons. The lowest BCUT2D eigenvalue weighted by molar-refractivity contribution is -0.142. The monoisotopic (exact) mass is 238 g/mol. The van der Waals surface area contributed by atoms with Crippen molar-refractivity contribution < 1.29 is 19.4 Å². The Labute approximate surface area is 102 Å². The zero-order chi connectivity index (χ0) is 13.1. The fraction of sp³-hybridized carbons (Fsp3) is 0.538. The van der Waals surface area contributed by atoms with Gasteiger partial charge in [0.05, 0.1) is 13.0 Å². The van der Waals surface area contributed by atoms with Gasteiger partial charge in [-0.2, -0.15) is 0 Å². The van der Waals surface area contributed by atoms with Crippen molar-refractivity contribution >= 4 is 11.9 Å². The van der Waals surface area contributed by atoms with Gasteiger partial charge in [0, 0.05) is 18.4 Å². The summed E-state index contributed by atoms with van der Waals surface area (Å²) in [6.07, 6.45) is 2.88. The Morgan fingerprint density at radius 1 is 1.29 bits per heavy atom. The second-order valence-electron chi connectivity index (χ2n) is 3.52. The third-order valence-electron chi connectivity index (χ3n) is 1.83. The lowest BCUT2D eigenvalue weighted by atomic mass is 10.2. The van der Waals surface area contributed by atoms with Crippen molar-refractivity contribution in [1.82, 2.24) is 0 Å². The molecular weight excluding hydrogens is 220 g/mol. The van der Waals surface area contributed by atoms with Gasteiger partial charge >= 0.3 is 11.9 Å². The van der Waals surface area contributed by atoms with Crippen LogP contribution in [-0.4, -0.2) is 23.7 Å². The van der Waals surface area contributed by atoms with Gasteiger partial charge in [-0.15, -0.1) is 11.8 Å². The summed E-state index contributed by atoms with van der Waals surface area (Å²) in [6, 6.07) is 0. The number of rotatable bonds is 7. The smallest absolute Gasteiger partial charge is 0.333 e. The van der Waals surface area contributed by atoms with Crippen LogP contribution in [0.25, 0.3) is 0 Å². The lowest BCUT2D eigenvalue weighted by Crippen LogP contribution is -2.11. The maximum Gasteiger partial charge on any atom is 0.333 e. The van der Waals surface area contributed by atoms with Crippen LogP contribution in [-0.2, 0) is 14.3 Å². The Morgan fingerprint density at radius 3 is 2.53 bits per heavy atom. The van der Waals surface area contributed by atoms with E-state index in [9.17, 15) is 9.59 Å². The van der Waals surface area contributed by atoms with Crippen molar-refractivity contribution in [1.29, 1.82) is 0 Å². The van der Waals surface area contributed by atoms with Gasteiger partial charge in [-0.25, -0.2) is 4.79 Å². The molecule has 17 heavy (non-hydrogen) atoms. The summed E-state index contributed by atoms with van der Waals surface area (Å²) in [6.45, 7) is 5.66. The summed E-state index contributed by atoms with van der Waals surface area (Å²) in [5.74, 6) is 4.22. The Hall–Kier alpha value is -1.76. The third kappa shape index (κ3) is 9.19. The van der Waals surface area contributed by atoms with E-state index in [-0.39, 0.29) is 18.6 Å². The summed E-state index contributed by atoms with van der Waals surface area (Å²) >= 11 is 0. The molecule has 0 aliphatic heterocycles. The molecule has 4 nitrogen and oxygen atoms in total. The molecule has 0 atom stereocenters. The summed E-state index contributed by atoms with van der Waals surface area (Å²) in [4.78, 5) is 21.5. The highest BCUT2D eigenvalue weighted by molar-refractivity contribution is 5.92. The number of aliphatic carboxylic acids is 1. The van der Waals surface area contributed by atoms with E-state index in [1.54, 1.807) is 0 Å². The summed E-state index contributed by atoms with van der Waals surface area (Å²) in [5, 5.41) is 8.44. The van der Waals surface area contributed by atoms with Crippen molar-refractivity contribution in [2.45, 2.75) is 39.0 Å². The van der Waals surface area contributed by atoms with Crippen LogP contribution >= 0.6 is 0 Å². The molecule has 0 amide bonds. The molecule has 0 unspecified atom stereocenters. The third-order valence-corrected chi connectivity index (χ3v) is 1.83. The van der Waals surface area contributed by atoms with Crippen LogP contribution in [0.1, 0.15) is 39.0 Å². The molecule has 0 radical (unpaired) electrons. The van der Waals surface area contributed by atoms with Crippen molar-refractivity contribution in [2.24, 2.45) is 0 Å². The maximum atomic E-state index is 11.2. The molecule has 0 bridgehead atoms. The van der Waals surface area contributed by atoms with Gasteiger partial charge in [0.1, 0.15) is 0 Å². The molecule has 0 aromatic heterocycles. The predicted octanol–water partition coefficient (Wildman–Crippen LogP) is 2.14. The highest BCUT2D eigenvalue weighted by Gasteiger charge is 2.11. The van der Waals surface area contributed by atoms with E-state index < -0.39 is 11.9 Å². The molecule has 0 saturated heterocycles. The maximum absolute atomic E-state index is 11.2. The number of hydrogen-bond acceptors (Lipinski definition) is 3. The van der Waals surface area contributed by atoms with Crippen LogP contribution in [0, 0.1) is 11.8 Å². The average molecular weight is 238 g/mol. The standard InChI is InChI=1S/C13H18O4/c1-3-4-5-6-7-8-9-17-13(16)11(2)10-12(14)15/h2-4,7-10H2,1H3,(H,14,15). The minimum atomic E-state index is -1.09. The first-order valence-corrected chi connectivity index (χ1v) is 5.60. The van der Waals surface area contributed by atoms with E-state index in [1.807, 2.05) is 0 Å². The van der Waals surface area contributed by atoms with Crippen molar-refractivity contribution in [3.8, 4) is 11.8 Å². The number of unbranched alkanes of at least 4 members (excludes halogenated alkanes) is 2. The van der Waals surface area contributed by atoms with Crippen molar-refractivity contribution in [3.05, 3.63) is 12.2 Å². The van der Waals surface area contributed by atoms with Crippen LogP contribution in [0.2, 0.25) is 0 Å². The number of carbonyl (C=O) groups is 2. The molecule has 4 heteroatoms. The fourth-order valence-corrected chi connectivity index (χ4v) is 0.984. The molecule has 0 rings (SSSR count). The Kier molecular flexibility index (Phi) is 8.48. The number of esters is 1. The molecule has 0 aliphatic rings. The molecule has 0 fully saturated rings. The second-order valence-corrected chi connectivity index (χ2v) is 3.52. The number of carboxylic acids is 1. The number of carbonyl (C=O) groups excluding carboxylic acids is 1. The zero-order valence-corrected chi connectivity index (χ0v) is 10.1. The first-order chi connectivity index (χ1) is 8.07. The molecule has 0 heterocycles. The predicted molar refractivity (Wildman–Crippen MR) is 64.3 cm³/mol. The molecular formula is C13H18O4. The second kappa shape index (κ2) is 9.46. The van der Waals surface area contributed by atoms with Crippen LogP contribution in [0.3, 0.4) is 0 Å². The van der Waals surface area contributed by atoms with E-state index in [1.165, 1.54) is 0 Å². The Bertz CT molecular complexity index is 333. The van der Waals surface area contributed by atoms with E-state index in [0.29, 0.717) is 12.8 Å². The van der Waals surface area contributed by atoms with Gasteiger partial charge in [-0.3, -0.25) is 4.79 Å². The normalized spacial score (nSPS) is 9.00. The molecule has 0 spiro atoms. The van der Waals surface area contributed by atoms with E-state index >= 15 is 0 Å². The fourth-order valence-electron chi connectivity index (χ4n) is 0.984. The van der Waals surface area contributed by atoms with Gasteiger partial charge < -0.3 is 9.84 Å². The minimum Gasteiger partial charge on any atom is -0.481 e. The molecule has 0 aromatic rings. The van der Waals surface area contributed by atoms with Crippen LogP contribution in [0.15, 0.2) is 12.2 Å². The SMILES string of the molecule is C=C(CC(=O)O)C(=O)OCCCC#CCCC. The topological polar surface area (TPSA) is 63.6 Å². The number of hydrogen-bond donors (Lipinski definition) is 1. The highest BCUT2D eigenvalue weighted by atomic mass is 16.5. The Morgan fingerprint density at radius 2 is 1.94 bits per heavy atom. The molecule has 1 N–H and O–H groups in total. The van der Waals surface area contributed by atoms with Crippen LogP contribution < -0.4 is 0 Å². The summed E-state index contributed by atoms with van der Waals surface area (Å²) in [5.41, 5.74) is -0.0328. The van der Waals surface area contributed by atoms with E-state index in [2.05, 4.69) is 25.3 Å². The highest BCUT2D eigenvalue weighted by Crippen LogP contribution is 2.02. The number of carboxylic acid groups (broad SMARTS) is 1. The zero-order valence-electron chi connectivity index (χ0n) is 10.1. The van der Waals surface area contributed by atoms with Gasteiger partial charge in [0.2, 0.25) is 0 Å². The van der Waals surface area contributed by atoms with Crippen molar-refractivity contribution in [3.63, 3.8) is 0 Å². The van der Waals surface area contributed by atoms with Gasteiger partial charge in [0.25, 0.3) is 0 Å². The summed E-state index contributed by atoms with van der Waals surface area (Å²) < 4.78 is 4.84. The molecule has 0 aliphatic carbocycles. The lowest BCUT2D eigenvalue weighted by Gasteiger charge is -2.03. The van der Waals surface area contributed by atoms with Gasteiger partial charge in [0.15, 0.2) is 0 Å². The van der Waals surface area contributed by atoms with Gasteiger partial charge in [-0.1, -0.05) is 13.5 Å². The van der Waals surface area contributed by atoms with Gasteiger partial charge in [-0.05, 0) is 12.8 Å². The minimum absolute atomic E-state index is 0.0328. The van der Waals surface area contributed by atoms with Crippen molar-refractivity contribution in [2.75, 3.05) is 6.61 Å². The average Bonchev–Trinajstić information content (AvgIpc) is 2.26. The van der Waals surface area contributed by atoms with E-state index in [0.717, 1.165) is 12.8 Å². The first kappa shape index (κ1) is 15.2.